The second-order valence-corrected chi connectivity index (χ2v) is 6.38. The maximum atomic E-state index is 9.18. The van der Waals surface area contributed by atoms with Crippen LogP contribution in [0.2, 0.25) is 0 Å². The molecule has 1 aromatic heterocycles. The van der Waals surface area contributed by atoms with E-state index in [1.165, 1.54) is 19.3 Å². The van der Waals surface area contributed by atoms with E-state index < -0.39 is 0 Å². The molecular weight excluding hydrogens is 246 g/mol. The average Bonchev–Trinajstić information content (AvgIpc) is 2.88. The van der Waals surface area contributed by atoms with Crippen molar-refractivity contribution < 1.29 is 5.21 Å². The molecule has 0 aromatic carbocycles. The van der Waals surface area contributed by atoms with Crippen molar-refractivity contribution >= 4 is 17.5 Å². The average molecular weight is 263 g/mol. The first-order chi connectivity index (χ1) is 8.67. The number of oxime groups is 1. The fourth-order valence-electron chi connectivity index (χ4n) is 3.19. The summed E-state index contributed by atoms with van der Waals surface area (Å²) in [6.07, 6.45) is 3.59. The van der Waals surface area contributed by atoms with Crippen LogP contribution in [0.5, 0.6) is 0 Å². The third kappa shape index (κ3) is 2.00. The molecule has 1 heterocycles. The zero-order valence-corrected chi connectivity index (χ0v) is 11.4. The molecule has 2 aliphatic rings. The van der Waals surface area contributed by atoms with Crippen LogP contribution in [0.3, 0.4) is 0 Å². The molecule has 5 heteroatoms. The molecule has 2 fully saturated rings. The molecule has 96 valence electrons. The van der Waals surface area contributed by atoms with E-state index in [0.717, 1.165) is 22.3 Å². The first-order valence-electron chi connectivity index (χ1n) is 6.38. The summed E-state index contributed by atoms with van der Waals surface area (Å²) in [7, 11) is 0. The Hall–Kier alpha value is -1.10. The van der Waals surface area contributed by atoms with Crippen LogP contribution in [-0.4, -0.2) is 26.1 Å². The number of hydrogen-bond acceptors (Lipinski definition) is 5. The zero-order valence-electron chi connectivity index (χ0n) is 10.6. The lowest BCUT2D eigenvalue weighted by atomic mass is 9.98. The molecule has 0 saturated heterocycles. The van der Waals surface area contributed by atoms with Gasteiger partial charge < -0.3 is 5.21 Å². The van der Waals surface area contributed by atoms with E-state index in [9.17, 15) is 5.21 Å². The Morgan fingerprint density at radius 3 is 2.67 bits per heavy atom. The van der Waals surface area contributed by atoms with Crippen LogP contribution in [-0.2, 0) is 0 Å². The van der Waals surface area contributed by atoms with E-state index >= 15 is 0 Å². The minimum atomic E-state index is 0.273. The van der Waals surface area contributed by atoms with Crippen LogP contribution in [0.1, 0.15) is 30.7 Å². The molecule has 0 unspecified atom stereocenters. The zero-order chi connectivity index (χ0) is 12.7. The standard InChI is InChI=1S/C13H17N3OS/c1-7-5-8(2)15-13(14-7)18-12-10-4-3-9(6-10)11(12)16-17/h5,9-10,12,17H,3-4,6H2,1-2H3/b16-11+/t9-,10+,12+/m0/s1. The molecule has 3 rings (SSSR count). The molecule has 2 bridgehead atoms. The molecule has 4 nitrogen and oxygen atoms in total. The molecule has 0 spiro atoms. The van der Waals surface area contributed by atoms with Crippen molar-refractivity contribution in [1.29, 1.82) is 0 Å². The number of rotatable bonds is 2. The highest BCUT2D eigenvalue weighted by atomic mass is 32.2. The van der Waals surface area contributed by atoms with Gasteiger partial charge in [-0.15, -0.1) is 0 Å². The van der Waals surface area contributed by atoms with E-state index in [-0.39, 0.29) is 5.25 Å². The number of thioether (sulfide) groups is 1. The normalized spacial score (nSPS) is 32.3. The third-order valence-corrected chi connectivity index (χ3v) is 5.19. The van der Waals surface area contributed by atoms with Gasteiger partial charge in [-0.3, -0.25) is 0 Å². The molecule has 2 saturated carbocycles. The Kier molecular flexibility index (Phi) is 3.01. The van der Waals surface area contributed by atoms with Crippen molar-refractivity contribution in [2.75, 3.05) is 0 Å². The first-order valence-corrected chi connectivity index (χ1v) is 7.26. The minimum absolute atomic E-state index is 0.273. The summed E-state index contributed by atoms with van der Waals surface area (Å²) < 4.78 is 0. The van der Waals surface area contributed by atoms with Gasteiger partial charge in [0.25, 0.3) is 0 Å². The van der Waals surface area contributed by atoms with Crippen LogP contribution in [0.15, 0.2) is 16.4 Å². The van der Waals surface area contributed by atoms with Crippen LogP contribution < -0.4 is 0 Å². The number of aryl methyl sites for hydroxylation is 2. The lowest BCUT2D eigenvalue weighted by molar-refractivity contribution is 0.314. The van der Waals surface area contributed by atoms with Crippen molar-refractivity contribution in [2.24, 2.45) is 17.0 Å². The van der Waals surface area contributed by atoms with Gasteiger partial charge in [-0.1, -0.05) is 16.9 Å². The van der Waals surface area contributed by atoms with Gasteiger partial charge in [-0.05, 0) is 45.1 Å². The van der Waals surface area contributed by atoms with Crippen LogP contribution in [0.25, 0.3) is 0 Å². The summed E-state index contributed by atoms with van der Waals surface area (Å²) in [5.41, 5.74) is 2.95. The maximum absolute atomic E-state index is 9.18. The Morgan fingerprint density at radius 2 is 2.00 bits per heavy atom. The van der Waals surface area contributed by atoms with Gasteiger partial charge in [-0.2, -0.15) is 0 Å². The Labute approximate surface area is 111 Å². The fraction of sp³-hybridized carbons (Fsp3) is 0.615. The Balaban J connectivity index is 1.84. The second-order valence-electron chi connectivity index (χ2n) is 5.27. The fourth-order valence-corrected chi connectivity index (χ4v) is 4.61. The number of aromatic nitrogens is 2. The molecule has 1 N–H and O–H groups in total. The predicted octanol–water partition coefficient (Wildman–Crippen LogP) is 2.81. The molecule has 0 amide bonds. The number of nitrogens with zero attached hydrogens (tertiary/aromatic N) is 3. The van der Waals surface area contributed by atoms with Gasteiger partial charge in [0, 0.05) is 17.3 Å². The van der Waals surface area contributed by atoms with Gasteiger partial charge >= 0.3 is 0 Å². The van der Waals surface area contributed by atoms with E-state index in [1.807, 2.05) is 19.9 Å². The molecular formula is C13H17N3OS. The monoisotopic (exact) mass is 263 g/mol. The van der Waals surface area contributed by atoms with Crippen LogP contribution >= 0.6 is 11.8 Å². The molecule has 18 heavy (non-hydrogen) atoms. The van der Waals surface area contributed by atoms with Gasteiger partial charge in [-0.25, -0.2) is 9.97 Å². The lowest BCUT2D eigenvalue weighted by Gasteiger charge is -2.21. The van der Waals surface area contributed by atoms with E-state index in [2.05, 4.69) is 15.1 Å². The van der Waals surface area contributed by atoms with E-state index in [4.69, 9.17) is 0 Å². The molecule has 0 aliphatic heterocycles. The quantitative estimate of drug-likeness (QED) is 0.506. The van der Waals surface area contributed by atoms with Gasteiger partial charge in [0.15, 0.2) is 5.16 Å². The SMILES string of the molecule is Cc1cc(C)nc(S[C@H]2/C(=N/O)[C@H]3CC[C@@H]2C3)n1. The lowest BCUT2D eigenvalue weighted by Crippen LogP contribution is -2.25. The van der Waals surface area contributed by atoms with E-state index in [1.54, 1.807) is 11.8 Å². The molecule has 3 atom stereocenters. The van der Waals surface area contributed by atoms with Gasteiger partial charge in [0.1, 0.15) is 0 Å². The van der Waals surface area contributed by atoms with Crippen LogP contribution in [0.4, 0.5) is 0 Å². The molecule has 1 aromatic rings. The third-order valence-electron chi connectivity index (χ3n) is 3.92. The Bertz CT molecular complexity index is 483. The summed E-state index contributed by atoms with van der Waals surface area (Å²) in [6.45, 7) is 3.97. The predicted molar refractivity (Wildman–Crippen MR) is 71.2 cm³/mol. The number of fused-ring (bicyclic) bond motifs is 2. The summed E-state index contributed by atoms with van der Waals surface area (Å²) in [6, 6.07) is 1.98. The summed E-state index contributed by atoms with van der Waals surface area (Å²) in [5.74, 6) is 1.12. The Morgan fingerprint density at radius 1 is 1.28 bits per heavy atom. The van der Waals surface area contributed by atoms with Crippen molar-refractivity contribution in [2.45, 2.75) is 43.5 Å². The maximum Gasteiger partial charge on any atom is 0.188 e. The molecule has 0 radical (unpaired) electrons. The van der Waals surface area contributed by atoms with Crippen molar-refractivity contribution in [3.63, 3.8) is 0 Å². The summed E-state index contributed by atoms with van der Waals surface area (Å²) in [5, 5.41) is 13.8. The van der Waals surface area contributed by atoms with E-state index in [0.29, 0.717) is 11.8 Å². The van der Waals surface area contributed by atoms with Gasteiger partial charge in [0.05, 0.1) is 11.0 Å². The highest BCUT2D eigenvalue weighted by molar-refractivity contribution is 8.00. The van der Waals surface area contributed by atoms with Crippen LogP contribution in [0, 0.1) is 25.7 Å². The topological polar surface area (TPSA) is 58.4 Å². The number of hydrogen-bond donors (Lipinski definition) is 1. The smallest absolute Gasteiger partial charge is 0.188 e. The molecule has 2 aliphatic carbocycles. The highest BCUT2D eigenvalue weighted by Crippen LogP contribution is 2.48. The first kappa shape index (κ1) is 12.0. The van der Waals surface area contributed by atoms with Crippen molar-refractivity contribution in [3.8, 4) is 0 Å². The summed E-state index contributed by atoms with van der Waals surface area (Å²) in [4.78, 5) is 8.93. The second kappa shape index (κ2) is 4.53. The largest absolute Gasteiger partial charge is 0.411 e. The van der Waals surface area contributed by atoms with Gasteiger partial charge in [0.2, 0.25) is 0 Å². The minimum Gasteiger partial charge on any atom is -0.411 e. The van der Waals surface area contributed by atoms with Crippen molar-refractivity contribution in [1.82, 2.24) is 9.97 Å². The van der Waals surface area contributed by atoms with Crippen molar-refractivity contribution in [3.05, 3.63) is 17.5 Å². The highest BCUT2D eigenvalue weighted by Gasteiger charge is 2.46. The summed E-state index contributed by atoms with van der Waals surface area (Å²) >= 11 is 1.66.